The zero-order valence-corrected chi connectivity index (χ0v) is 13.3. The fourth-order valence-electron chi connectivity index (χ4n) is 2.44. The van der Waals surface area contributed by atoms with E-state index in [9.17, 15) is 9.90 Å². The maximum absolute atomic E-state index is 11.2. The first-order valence-electron chi connectivity index (χ1n) is 7.59. The van der Waals surface area contributed by atoms with Crippen LogP contribution >= 0.6 is 0 Å². The van der Waals surface area contributed by atoms with Crippen LogP contribution < -0.4 is 5.32 Å². The molecule has 0 bridgehead atoms. The van der Waals surface area contributed by atoms with E-state index in [1.807, 2.05) is 26.0 Å². The van der Waals surface area contributed by atoms with Crippen molar-refractivity contribution in [2.75, 3.05) is 0 Å². The Balaban J connectivity index is 2.11. The van der Waals surface area contributed by atoms with Gasteiger partial charge in [0.05, 0.1) is 0 Å². The predicted octanol–water partition coefficient (Wildman–Crippen LogP) is 3.86. The molecule has 2 rings (SSSR count). The molecule has 0 aliphatic carbocycles. The fraction of sp³-hybridized carbons (Fsp3) is 0.316. The van der Waals surface area contributed by atoms with Crippen LogP contribution in [0.15, 0.2) is 48.5 Å². The van der Waals surface area contributed by atoms with Gasteiger partial charge in [0.25, 0.3) is 0 Å². The minimum atomic E-state index is -0.801. The molecule has 116 valence electrons. The molecule has 0 fully saturated rings. The first kappa shape index (κ1) is 16.2. The van der Waals surface area contributed by atoms with Crippen LogP contribution in [0.4, 0.5) is 0 Å². The Morgan fingerprint density at radius 2 is 1.77 bits per heavy atom. The third-order valence-electron chi connectivity index (χ3n) is 3.77. The molecule has 0 aliphatic heterocycles. The maximum atomic E-state index is 11.2. The lowest BCUT2D eigenvalue weighted by molar-refractivity contribution is -0.140. The molecule has 0 heterocycles. The van der Waals surface area contributed by atoms with E-state index in [0.29, 0.717) is 6.54 Å². The highest BCUT2D eigenvalue weighted by Crippen LogP contribution is 2.21. The summed E-state index contributed by atoms with van der Waals surface area (Å²) in [6.45, 7) is 6.44. The van der Waals surface area contributed by atoms with E-state index in [1.165, 1.54) is 11.1 Å². The number of aliphatic carboxylic acids is 1. The number of hydrogen-bond acceptors (Lipinski definition) is 2. The molecule has 22 heavy (non-hydrogen) atoms. The SMILES string of the molecule is Cc1ccc(-c2cccc(CN[C@H](C(=O)O)C(C)C)c2)cc1. The monoisotopic (exact) mass is 297 g/mol. The van der Waals surface area contributed by atoms with Gasteiger partial charge in [-0.1, -0.05) is 61.9 Å². The van der Waals surface area contributed by atoms with Gasteiger partial charge < -0.3 is 10.4 Å². The standard InChI is InChI=1S/C19H23NO2/c1-13(2)18(19(21)22)20-12-15-5-4-6-17(11-15)16-9-7-14(3)8-10-16/h4-11,13,18,20H,12H2,1-3H3,(H,21,22)/t18-/m0/s1. The highest BCUT2D eigenvalue weighted by Gasteiger charge is 2.20. The number of rotatable bonds is 6. The van der Waals surface area contributed by atoms with E-state index in [1.54, 1.807) is 0 Å². The van der Waals surface area contributed by atoms with Crippen LogP contribution in [0.3, 0.4) is 0 Å². The van der Waals surface area contributed by atoms with Crippen molar-refractivity contribution in [1.82, 2.24) is 5.32 Å². The minimum absolute atomic E-state index is 0.0535. The van der Waals surface area contributed by atoms with E-state index >= 15 is 0 Å². The Morgan fingerprint density at radius 1 is 1.09 bits per heavy atom. The fourth-order valence-corrected chi connectivity index (χ4v) is 2.44. The van der Waals surface area contributed by atoms with Crippen molar-refractivity contribution in [3.63, 3.8) is 0 Å². The van der Waals surface area contributed by atoms with Gasteiger partial charge in [-0.2, -0.15) is 0 Å². The number of nitrogens with one attached hydrogen (secondary N) is 1. The summed E-state index contributed by atoms with van der Waals surface area (Å²) >= 11 is 0. The van der Waals surface area contributed by atoms with Crippen LogP contribution in [0.2, 0.25) is 0 Å². The van der Waals surface area contributed by atoms with Crippen LogP contribution in [-0.2, 0) is 11.3 Å². The number of aryl methyl sites for hydroxylation is 1. The molecule has 0 unspecified atom stereocenters. The van der Waals surface area contributed by atoms with Crippen molar-refractivity contribution >= 4 is 5.97 Å². The van der Waals surface area contributed by atoms with Crippen molar-refractivity contribution < 1.29 is 9.90 Å². The first-order chi connectivity index (χ1) is 10.5. The maximum Gasteiger partial charge on any atom is 0.320 e. The largest absolute Gasteiger partial charge is 0.480 e. The van der Waals surface area contributed by atoms with Gasteiger partial charge in [-0.25, -0.2) is 0 Å². The molecule has 2 aromatic rings. The third-order valence-corrected chi connectivity index (χ3v) is 3.77. The molecule has 0 saturated heterocycles. The lowest BCUT2D eigenvalue weighted by Gasteiger charge is -2.18. The van der Waals surface area contributed by atoms with Gasteiger partial charge in [-0.3, -0.25) is 4.79 Å². The molecule has 3 nitrogen and oxygen atoms in total. The highest BCUT2D eigenvalue weighted by atomic mass is 16.4. The Bertz CT molecular complexity index is 632. The van der Waals surface area contributed by atoms with Gasteiger partial charge in [0, 0.05) is 6.54 Å². The zero-order chi connectivity index (χ0) is 16.1. The molecule has 0 aromatic heterocycles. The van der Waals surface area contributed by atoms with E-state index in [4.69, 9.17) is 0 Å². The van der Waals surface area contributed by atoms with Gasteiger partial charge in [-0.05, 0) is 35.6 Å². The summed E-state index contributed by atoms with van der Waals surface area (Å²) in [5.41, 5.74) is 4.65. The second-order valence-corrected chi connectivity index (χ2v) is 6.01. The van der Waals surface area contributed by atoms with Crippen LogP contribution in [0.1, 0.15) is 25.0 Å². The Morgan fingerprint density at radius 3 is 2.36 bits per heavy atom. The second kappa shape index (κ2) is 7.23. The average molecular weight is 297 g/mol. The van der Waals surface area contributed by atoms with E-state index < -0.39 is 12.0 Å². The van der Waals surface area contributed by atoms with Crippen molar-refractivity contribution in [3.8, 4) is 11.1 Å². The van der Waals surface area contributed by atoms with E-state index in [-0.39, 0.29) is 5.92 Å². The van der Waals surface area contributed by atoms with Crippen LogP contribution in [0.5, 0.6) is 0 Å². The van der Waals surface area contributed by atoms with Gasteiger partial charge in [0.2, 0.25) is 0 Å². The van der Waals surface area contributed by atoms with E-state index in [0.717, 1.165) is 11.1 Å². The summed E-state index contributed by atoms with van der Waals surface area (Å²) in [6.07, 6.45) is 0. The first-order valence-corrected chi connectivity index (χ1v) is 7.59. The van der Waals surface area contributed by atoms with Gasteiger partial charge in [0.1, 0.15) is 6.04 Å². The number of hydrogen-bond donors (Lipinski definition) is 2. The summed E-state index contributed by atoms with van der Waals surface area (Å²) < 4.78 is 0. The summed E-state index contributed by atoms with van der Waals surface area (Å²) in [6, 6.07) is 16.1. The molecule has 0 spiro atoms. The molecular weight excluding hydrogens is 274 g/mol. The average Bonchev–Trinajstić information content (AvgIpc) is 2.48. The summed E-state index contributed by atoms with van der Waals surface area (Å²) in [5, 5.41) is 12.3. The van der Waals surface area contributed by atoms with Crippen molar-refractivity contribution in [1.29, 1.82) is 0 Å². The zero-order valence-electron chi connectivity index (χ0n) is 13.3. The highest BCUT2D eigenvalue weighted by molar-refractivity contribution is 5.73. The minimum Gasteiger partial charge on any atom is -0.480 e. The van der Waals surface area contributed by atoms with Gasteiger partial charge in [0.15, 0.2) is 0 Å². The quantitative estimate of drug-likeness (QED) is 0.851. The van der Waals surface area contributed by atoms with Crippen LogP contribution in [-0.4, -0.2) is 17.1 Å². The third kappa shape index (κ3) is 4.18. The van der Waals surface area contributed by atoms with Crippen molar-refractivity contribution in [3.05, 3.63) is 59.7 Å². The molecule has 0 aliphatic rings. The van der Waals surface area contributed by atoms with Gasteiger partial charge >= 0.3 is 5.97 Å². The second-order valence-electron chi connectivity index (χ2n) is 6.01. The normalized spacial score (nSPS) is 12.4. The summed E-state index contributed by atoms with van der Waals surface area (Å²) in [5.74, 6) is -0.748. The molecule has 0 saturated carbocycles. The van der Waals surface area contributed by atoms with Crippen molar-refractivity contribution in [2.24, 2.45) is 5.92 Å². The number of benzene rings is 2. The summed E-state index contributed by atoms with van der Waals surface area (Å²) in [7, 11) is 0. The topological polar surface area (TPSA) is 49.3 Å². The molecule has 3 heteroatoms. The molecular formula is C19H23NO2. The Labute approximate surface area is 132 Å². The smallest absolute Gasteiger partial charge is 0.320 e. The Kier molecular flexibility index (Phi) is 5.34. The Hall–Kier alpha value is -2.13. The number of carboxylic acids is 1. The lowest BCUT2D eigenvalue weighted by Crippen LogP contribution is -2.40. The number of carboxylic acid groups (broad SMARTS) is 1. The molecule has 1 atom stereocenters. The molecule has 0 radical (unpaired) electrons. The van der Waals surface area contributed by atoms with E-state index in [2.05, 4.69) is 48.6 Å². The predicted molar refractivity (Wildman–Crippen MR) is 89.7 cm³/mol. The van der Waals surface area contributed by atoms with Crippen LogP contribution in [0, 0.1) is 12.8 Å². The lowest BCUT2D eigenvalue weighted by atomic mass is 10.0. The van der Waals surface area contributed by atoms with Crippen LogP contribution in [0.25, 0.3) is 11.1 Å². The molecule has 0 amide bonds. The molecule has 2 N–H and O–H groups in total. The van der Waals surface area contributed by atoms with Gasteiger partial charge in [-0.15, -0.1) is 0 Å². The van der Waals surface area contributed by atoms with Crippen molar-refractivity contribution in [2.45, 2.75) is 33.4 Å². The summed E-state index contributed by atoms with van der Waals surface area (Å²) in [4.78, 5) is 11.2. The molecule has 2 aromatic carbocycles. The number of carbonyl (C=O) groups is 1.